The van der Waals surface area contributed by atoms with Crippen LogP contribution in [0.1, 0.15) is 110 Å². The molecule has 0 aliphatic heterocycles. The molecule has 27 heavy (non-hydrogen) atoms. The summed E-state index contributed by atoms with van der Waals surface area (Å²) in [4.78, 5) is 5.16. The minimum absolute atomic E-state index is 0.141. The van der Waals surface area contributed by atoms with Crippen LogP contribution in [0.25, 0.3) is 0 Å². The molecule has 0 bridgehead atoms. The molecule has 0 heterocycles. The van der Waals surface area contributed by atoms with Gasteiger partial charge in [0.1, 0.15) is 0 Å². The molecule has 0 amide bonds. The second-order valence-electron chi connectivity index (χ2n) is 7.30. The molecule has 0 aliphatic rings. The summed E-state index contributed by atoms with van der Waals surface area (Å²) in [5.41, 5.74) is 2.61. The van der Waals surface area contributed by atoms with E-state index in [9.17, 15) is 8.42 Å². The molecule has 0 unspecified atom stereocenters. The molecule has 164 valence electrons. The fourth-order valence-electron chi connectivity index (χ4n) is 3.06. The van der Waals surface area contributed by atoms with Gasteiger partial charge in [-0.15, -0.1) is 0 Å². The Hall–Kier alpha value is -0.210. The van der Waals surface area contributed by atoms with Gasteiger partial charge in [0, 0.05) is 6.54 Å². The van der Waals surface area contributed by atoms with Crippen LogP contribution in [-0.4, -0.2) is 32.7 Å². The van der Waals surface area contributed by atoms with Crippen LogP contribution in [0.3, 0.4) is 0 Å². The zero-order valence-corrected chi connectivity index (χ0v) is 18.2. The van der Waals surface area contributed by atoms with E-state index in [1.165, 1.54) is 89.9 Å². The van der Waals surface area contributed by atoms with E-state index in [-0.39, 0.29) is 13.2 Å². The number of nitrogens with one attached hydrogen (secondary N) is 1. The van der Waals surface area contributed by atoms with Crippen LogP contribution in [0.15, 0.2) is 0 Å². The van der Waals surface area contributed by atoms with Gasteiger partial charge >= 0.3 is 10.4 Å². The molecular weight excluding hydrogens is 366 g/mol. The van der Waals surface area contributed by atoms with Gasteiger partial charge in [-0.1, -0.05) is 103 Å². The Labute approximate surface area is 167 Å². The summed E-state index contributed by atoms with van der Waals surface area (Å²) in [7, 11) is -4.34. The monoisotopic (exact) mass is 409 g/mol. The van der Waals surface area contributed by atoms with Gasteiger partial charge in [0.25, 0.3) is 0 Å². The van der Waals surface area contributed by atoms with Crippen molar-refractivity contribution >= 4 is 10.4 Å². The summed E-state index contributed by atoms with van der Waals surface area (Å²) >= 11 is 0. The predicted octanol–water partition coefficient (Wildman–Crippen LogP) is 5.59. The van der Waals surface area contributed by atoms with Gasteiger partial charge in [0.05, 0.1) is 13.2 Å². The minimum Gasteiger partial charge on any atom is -0.302 e. The van der Waals surface area contributed by atoms with Crippen molar-refractivity contribution < 1.29 is 22.0 Å². The highest BCUT2D eigenvalue weighted by molar-refractivity contribution is 7.80. The number of hydrogen-bond donors (Lipinski definition) is 2. The van der Waals surface area contributed by atoms with Crippen LogP contribution in [0.2, 0.25) is 0 Å². The second-order valence-corrected chi connectivity index (χ2v) is 8.39. The van der Waals surface area contributed by atoms with E-state index < -0.39 is 10.4 Å². The molecule has 0 aliphatic carbocycles. The van der Waals surface area contributed by atoms with Crippen molar-refractivity contribution in [3.63, 3.8) is 0 Å². The molecule has 6 nitrogen and oxygen atoms in total. The topological polar surface area (TPSA) is 84.9 Å². The Morgan fingerprint density at radius 3 is 1.48 bits per heavy atom. The third-order valence-electron chi connectivity index (χ3n) is 4.64. The summed E-state index contributed by atoms with van der Waals surface area (Å²) in [5.74, 6) is 0. The minimum atomic E-state index is -4.34. The molecule has 0 aromatic carbocycles. The zero-order chi connectivity index (χ0) is 20.1. The van der Waals surface area contributed by atoms with E-state index >= 15 is 0 Å². The van der Waals surface area contributed by atoms with E-state index in [0.29, 0.717) is 6.61 Å². The highest BCUT2D eigenvalue weighted by Gasteiger charge is 2.02. The first kappa shape index (κ1) is 26.8. The molecule has 0 saturated heterocycles. The maximum Gasteiger partial charge on any atom is 0.397 e. The van der Waals surface area contributed by atoms with Gasteiger partial charge in [-0.2, -0.15) is 8.42 Å². The average Bonchev–Trinajstić information content (AvgIpc) is 2.62. The van der Waals surface area contributed by atoms with E-state index in [1.54, 1.807) is 0 Å². The van der Waals surface area contributed by atoms with Crippen molar-refractivity contribution in [3.8, 4) is 0 Å². The highest BCUT2D eigenvalue weighted by Crippen LogP contribution is 2.13. The highest BCUT2D eigenvalue weighted by atomic mass is 32.3. The average molecular weight is 410 g/mol. The molecule has 0 rings (SSSR count). The fraction of sp³-hybridized carbons (Fsp3) is 1.00. The molecule has 0 aromatic rings. The Kier molecular flexibility index (Phi) is 20.4. The van der Waals surface area contributed by atoms with E-state index in [1.807, 2.05) is 0 Å². The van der Waals surface area contributed by atoms with E-state index in [0.717, 1.165) is 12.8 Å². The lowest BCUT2D eigenvalue weighted by Crippen LogP contribution is -2.22. The molecule has 0 radical (unpaired) electrons. The molecular formula is C20H43NO5S. The first-order valence-electron chi connectivity index (χ1n) is 11.0. The van der Waals surface area contributed by atoms with Crippen molar-refractivity contribution in [2.24, 2.45) is 0 Å². The lowest BCUT2D eigenvalue weighted by molar-refractivity contribution is 0.0314. The number of rotatable bonds is 22. The summed E-state index contributed by atoms with van der Waals surface area (Å²) in [6.07, 6.45) is 21.4. The van der Waals surface area contributed by atoms with Crippen LogP contribution >= 0.6 is 0 Å². The molecule has 7 heteroatoms. The summed E-state index contributed by atoms with van der Waals surface area (Å²) in [5, 5.41) is 0. The first-order valence-corrected chi connectivity index (χ1v) is 12.4. The summed E-state index contributed by atoms with van der Waals surface area (Å²) in [6.45, 7) is 2.95. The second kappa shape index (κ2) is 20.5. The molecule has 2 N–H and O–H groups in total. The van der Waals surface area contributed by atoms with Crippen molar-refractivity contribution in [2.75, 3.05) is 19.8 Å². The number of hydrogen-bond acceptors (Lipinski definition) is 5. The van der Waals surface area contributed by atoms with Crippen molar-refractivity contribution in [1.29, 1.82) is 0 Å². The van der Waals surface area contributed by atoms with Crippen LogP contribution in [0, 0.1) is 0 Å². The molecule has 0 fully saturated rings. The Balaban J connectivity index is 3.03. The van der Waals surface area contributed by atoms with Crippen LogP contribution < -0.4 is 5.48 Å². The maximum atomic E-state index is 10.3. The third-order valence-corrected chi connectivity index (χ3v) is 5.10. The van der Waals surface area contributed by atoms with E-state index in [2.05, 4.69) is 16.6 Å². The van der Waals surface area contributed by atoms with Crippen molar-refractivity contribution in [3.05, 3.63) is 0 Å². The molecule has 0 saturated carbocycles. The number of unbranched alkanes of at least 4 members (excludes halogenated alkanes) is 15. The zero-order valence-electron chi connectivity index (χ0n) is 17.4. The van der Waals surface area contributed by atoms with Gasteiger partial charge in [-0.05, 0) is 6.42 Å². The summed E-state index contributed by atoms with van der Waals surface area (Å²) < 4.78 is 33.1. The molecule has 0 atom stereocenters. The van der Waals surface area contributed by atoms with Crippen LogP contribution in [-0.2, 0) is 19.4 Å². The lowest BCUT2D eigenvalue weighted by atomic mass is 10.0. The van der Waals surface area contributed by atoms with Gasteiger partial charge in [0.15, 0.2) is 0 Å². The first-order chi connectivity index (χ1) is 13.1. The largest absolute Gasteiger partial charge is 0.397 e. The van der Waals surface area contributed by atoms with Gasteiger partial charge < -0.3 is 4.84 Å². The lowest BCUT2D eigenvalue weighted by Gasteiger charge is -2.06. The fourth-order valence-corrected chi connectivity index (χ4v) is 3.35. The smallest absolute Gasteiger partial charge is 0.302 e. The van der Waals surface area contributed by atoms with Crippen LogP contribution in [0.5, 0.6) is 0 Å². The van der Waals surface area contributed by atoms with E-state index in [4.69, 9.17) is 9.39 Å². The van der Waals surface area contributed by atoms with Gasteiger partial charge in [-0.3, -0.25) is 4.55 Å². The third kappa shape index (κ3) is 25.8. The normalized spacial score (nSPS) is 11.9. The molecule has 0 spiro atoms. The summed E-state index contributed by atoms with van der Waals surface area (Å²) in [6, 6.07) is 0. The molecule has 0 aromatic heterocycles. The standard InChI is InChI=1S/C20H43NO5S/c1-2-3-4-5-6-7-8-9-10-11-12-13-14-15-16-17-19-25-21-18-20-26-27(22,23)24/h21H,2-20H2,1H3,(H,22,23,24). The quantitative estimate of drug-likeness (QED) is 0.138. The Morgan fingerprint density at radius 1 is 0.667 bits per heavy atom. The van der Waals surface area contributed by atoms with Gasteiger partial charge in [-0.25, -0.2) is 9.66 Å². The van der Waals surface area contributed by atoms with Crippen molar-refractivity contribution in [1.82, 2.24) is 5.48 Å². The Morgan fingerprint density at radius 2 is 1.07 bits per heavy atom. The Bertz CT molecular complexity index is 390. The number of hydroxylamine groups is 1. The van der Waals surface area contributed by atoms with Gasteiger partial charge in [0.2, 0.25) is 0 Å². The SMILES string of the molecule is CCCCCCCCCCCCCCCCCCONCCOS(=O)(=O)O. The van der Waals surface area contributed by atoms with Crippen LogP contribution in [0.4, 0.5) is 0 Å². The van der Waals surface area contributed by atoms with Crippen molar-refractivity contribution in [2.45, 2.75) is 110 Å². The predicted molar refractivity (Wildman–Crippen MR) is 111 cm³/mol. The maximum absolute atomic E-state index is 10.3.